The van der Waals surface area contributed by atoms with Gasteiger partial charge in [0, 0.05) is 38.6 Å². The molecule has 2 saturated heterocycles. The Kier molecular flexibility index (Phi) is 5.15. The first-order valence-electron chi connectivity index (χ1n) is 7.08. The van der Waals surface area contributed by atoms with Crippen LogP contribution in [-0.4, -0.2) is 44.4 Å². The molecule has 4 nitrogen and oxygen atoms in total. The van der Waals surface area contributed by atoms with Crippen LogP contribution in [-0.2, 0) is 19.0 Å². The molecule has 2 atom stereocenters. The van der Waals surface area contributed by atoms with Crippen LogP contribution in [0, 0.1) is 5.92 Å². The SMILES string of the molecule is CCCOCCC(=O)C1CCOC2(CCOC2)C1. The number of Topliss-reactive ketones (excluding diaryl/α,β-unsaturated/α-hetero) is 1. The fourth-order valence-electron chi connectivity index (χ4n) is 2.79. The molecule has 0 aromatic carbocycles. The lowest BCUT2D eigenvalue weighted by Gasteiger charge is -2.36. The van der Waals surface area contributed by atoms with Crippen molar-refractivity contribution in [3.8, 4) is 0 Å². The molecule has 2 aliphatic rings. The van der Waals surface area contributed by atoms with Crippen LogP contribution in [0.1, 0.15) is 39.0 Å². The molecule has 0 radical (unpaired) electrons. The standard InChI is InChI=1S/C14H24O4/c1-2-6-16-7-4-13(15)12-3-8-18-14(10-12)5-9-17-11-14/h12H,2-11H2,1H3. The van der Waals surface area contributed by atoms with Gasteiger partial charge in [-0.05, 0) is 19.3 Å². The molecule has 2 rings (SSSR count). The second kappa shape index (κ2) is 6.64. The van der Waals surface area contributed by atoms with E-state index in [1.807, 2.05) is 0 Å². The summed E-state index contributed by atoms with van der Waals surface area (Å²) in [6.45, 7) is 5.50. The van der Waals surface area contributed by atoms with Crippen LogP contribution < -0.4 is 0 Å². The maximum Gasteiger partial charge on any atom is 0.138 e. The van der Waals surface area contributed by atoms with E-state index >= 15 is 0 Å². The molecule has 0 bridgehead atoms. The number of ether oxygens (including phenoxy) is 3. The van der Waals surface area contributed by atoms with E-state index in [-0.39, 0.29) is 11.5 Å². The second-order valence-corrected chi connectivity index (χ2v) is 5.35. The Hall–Kier alpha value is -0.450. The smallest absolute Gasteiger partial charge is 0.138 e. The Balaban J connectivity index is 1.75. The molecular formula is C14H24O4. The maximum atomic E-state index is 12.1. The van der Waals surface area contributed by atoms with Crippen molar-refractivity contribution in [3.05, 3.63) is 0 Å². The van der Waals surface area contributed by atoms with Crippen molar-refractivity contribution in [2.75, 3.05) is 33.0 Å². The summed E-state index contributed by atoms with van der Waals surface area (Å²) in [5, 5.41) is 0. The largest absolute Gasteiger partial charge is 0.381 e. The first kappa shape index (κ1) is 14.0. The highest BCUT2D eigenvalue weighted by Gasteiger charge is 2.42. The summed E-state index contributed by atoms with van der Waals surface area (Å²) in [5.41, 5.74) is -0.164. The normalized spacial score (nSPS) is 31.9. The average molecular weight is 256 g/mol. The zero-order chi connectivity index (χ0) is 12.8. The van der Waals surface area contributed by atoms with Gasteiger partial charge in [0.05, 0.1) is 18.8 Å². The van der Waals surface area contributed by atoms with Crippen molar-refractivity contribution in [1.29, 1.82) is 0 Å². The van der Waals surface area contributed by atoms with Crippen LogP contribution in [0.5, 0.6) is 0 Å². The molecule has 0 N–H and O–H groups in total. The lowest BCUT2D eigenvalue weighted by Crippen LogP contribution is -2.42. The number of rotatable bonds is 6. The maximum absolute atomic E-state index is 12.1. The molecule has 18 heavy (non-hydrogen) atoms. The summed E-state index contributed by atoms with van der Waals surface area (Å²) in [7, 11) is 0. The van der Waals surface area contributed by atoms with E-state index in [4.69, 9.17) is 14.2 Å². The Morgan fingerprint density at radius 2 is 2.28 bits per heavy atom. The van der Waals surface area contributed by atoms with Crippen LogP contribution in [0.4, 0.5) is 0 Å². The molecule has 0 amide bonds. The molecule has 2 aliphatic heterocycles. The van der Waals surface area contributed by atoms with E-state index in [0.29, 0.717) is 32.0 Å². The van der Waals surface area contributed by atoms with Crippen LogP contribution in [0.15, 0.2) is 0 Å². The van der Waals surface area contributed by atoms with E-state index in [1.54, 1.807) is 0 Å². The lowest BCUT2D eigenvalue weighted by atomic mass is 9.82. The van der Waals surface area contributed by atoms with Gasteiger partial charge >= 0.3 is 0 Å². The Morgan fingerprint density at radius 1 is 1.39 bits per heavy atom. The van der Waals surface area contributed by atoms with Crippen molar-refractivity contribution in [2.24, 2.45) is 5.92 Å². The fourth-order valence-corrected chi connectivity index (χ4v) is 2.79. The lowest BCUT2D eigenvalue weighted by molar-refractivity contribution is -0.138. The Bertz CT molecular complexity index is 271. The van der Waals surface area contributed by atoms with Crippen LogP contribution in [0.2, 0.25) is 0 Å². The molecule has 0 aromatic rings. The molecule has 2 heterocycles. The highest BCUT2D eigenvalue weighted by atomic mass is 16.6. The molecule has 0 aliphatic carbocycles. The first-order valence-corrected chi connectivity index (χ1v) is 7.08. The van der Waals surface area contributed by atoms with Crippen molar-refractivity contribution in [3.63, 3.8) is 0 Å². The molecule has 2 unspecified atom stereocenters. The van der Waals surface area contributed by atoms with Crippen molar-refractivity contribution < 1.29 is 19.0 Å². The van der Waals surface area contributed by atoms with Gasteiger partial charge in [0.25, 0.3) is 0 Å². The molecule has 4 heteroatoms. The van der Waals surface area contributed by atoms with Crippen LogP contribution in [0.25, 0.3) is 0 Å². The van der Waals surface area contributed by atoms with Crippen LogP contribution in [0.3, 0.4) is 0 Å². The van der Waals surface area contributed by atoms with Gasteiger partial charge in [0.15, 0.2) is 0 Å². The zero-order valence-electron chi connectivity index (χ0n) is 11.3. The van der Waals surface area contributed by atoms with E-state index in [1.165, 1.54) is 0 Å². The zero-order valence-corrected chi connectivity index (χ0v) is 11.3. The van der Waals surface area contributed by atoms with E-state index in [2.05, 4.69) is 6.92 Å². The van der Waals surface area contributed by atoms with Gasteiger partial charge < -0.3 is 14.2 Å². The number of ketones is 1. The second-order valence-electron chi connectivity index (χ2n) is 5.35. The number of carbonyl (C=O) groups excluding carboxylic acids is 1. The van der Waals surface area contributed by atoms with E-state index < -0.39 is 0 Å². The molecule has 0 aromatic heterocycles. The summed E-state index contributed by atoms with van der Waals surface area (Å²) < 4.78 is 16.6. The van der Waals surface area contributed by atoms with Crippen molar-refractivity contribution >= 4 is 5.78 Å². The average Bonchev–Trinajstić information content (AvgIpc) is 2.82. The van der Waals surface area contributed by atoms with Gasteiger partial charge in [-0.3, -0.25) is 4.79 Å². The molecular weight excluding hydrogens is 232 g/mol. The monoisotopic (exact) mass is 256 g/mol. The number of carbonyl (C=O) groups is 1. The summed E-state index contributed by atoms with van der Waals surface area (Å²) in [6, 6.07) is 0. The minimum absolute atomic E-state index is 0.144. The van der Waals surface area contributed by atoms with Crippen molar-refractivity contribution in [2.45, 2.75) is 44.6 Å². The third-order valence-corrected chi connectivity index (χ3v) is 3.86. The summed E-state index contributed by atoms with van der Waals surface area (Å²) in [5.74, 6) is 0.478. The van der Waals surface area contributed by atoms with E-state index in [0.717, 1.165) is 38.9 Å². The summed E-state index contributed by atoms with van der Waals surface area (Å²) in [4.78, 5) is 12.1. The predicted octanol–water partition coefficient (Wildman–Crippen LogP) is 1.96. The highest BCUT2D eigenvalue weighted by Crippen LogP contribution is 2.36. The van der Waals surface area contributed by atoms with Gasteiger partial charge in [0.1, 0.15) is 5.78 Å². The van der Waals surface area contributed by atoms with Gasteiger partial charge in [0.2, 0.25) is 0 Å². The minimum atomic E-state index is -0.164. The summed E-state index contributed by atoms with van der Waals surface area (Å²) in [6.07, 6.45) is 4.17. The summed E-state index contributed by atoms with van der Waals surface area (Å²) >= 11 is 0. The van der Waals surface area contributed by atoms with Gasteiger partial charge in [-0.25, -0.2) is 0 Å². The third-order valence-electron chi connectivity index (χ3n) is 3.86. The quantitative estimate of drug-likeness (QED) is 0.681. The highest BCUT2D eigenvalue weighted by molar-refractivity contribution is 5.81. The number of hydrogen-bond acceptors (Lipinski definition) is 4. The minimum Gasteiger partial charge on any atom is -0.381 e. The van der Waals surface area contributed by atoms with Gasteiger partial charge in [-0.2, -0.15) is 0 Å². The van der Waals surface area contributed by atoms with Gasteiger partial charge in [-0.15, -0.1) is 0 Å². The topological polar surface area (TPSA) is 44.8 Å². The number of hydrogen-bond donors (Lipinski definition) is 0. The van der Waals surface area contributed by atoms with E-state index in [9.17, 15) is 4.79 Å². The molecule has 104 valence electrons. The Labute approximate surface area is 109 Å². The van der Waals surface area contributed by atoms with Gasteiger partial charge in [-0.1, -0.05) is 6.92 Å². The predicted molar refractivity (Wildman–Crippen MR) is 67.6 cm³/mol. The third kappa shape index (κ3) is 3.53. The molecule has 0 saturated carbocycles. The van der Waals surface area contributed by atoms with Crippen molar-refractivity contribution in [1.82, 2.24) is 0 Å². The Morgan fingerprint density at radius 3 is 3.00 bits per heavy atom. The fraction of sp³-hybridized carbons (Fsp3) is 0.929. The first-order chi connectivity index (χ1) is 8.76. The molecule has 1 spiro atoms. The molecule has 2 fully saturated rings. The van der Waals surface area contributed by atoms with Crippen LogP contribution >= 0.6 is 0 Å².